The molecule has 0 fully saturated rings. The zero-order chi connectivity index (χ0) is 14.4. The molecule has 0 aliphatic heterocycles. The van der Waals surface area contributed by atoms with Crippen LogP contribution in [-0.2, 0) is 0 Å². The molecular formula is C15H15ClN4. The Morgan fingerprint density at radius 3 is 2.05 bits per heavy atom. The Hall–Kier alpha value is -2.20. The van der Waals surface area contributed by atoms with Crippen LogP contribution in [0, 0.1) is 13.8 Å². The van der Waals surface area contributed by atoms with E-state index in [-0.39, 0.29) is 5.29 Å². The first-order valence-corrected chi connectivity index (χ1v) is 6.55. The minimum Gasteiger partial charge on any atom is -0.275 e. The summed E-state index contributed by atoms with van der Waals surface area (Å²) in [5.41, 5.74) is 6.76. The van der Waals surface area contributed by atoms with Gasteiger partial charge >= 0.3 is 0 Å². The third kappa shape index (κ3) is 4.48. The van der Waals surface area contributed by atoms with Crippen molar-refractivity contribution in [2.75, 3.05) is 5.43 Å². The molecule has 2 rings (SSSR count). The van der Waals surface area contributed by atoms with E-state index in [0.29, 0.717) is 0 Å². The number of anilines is 1. The number of nitrogens with one attached hydrogen (secondary N) is 1. The quantitative estimate of drug-likeness (QED) is 0.278. The number of amidine groups is 1. The van der Waals surface area contributed by atoms with Gasteiger partial charge in [-0.25, -0.2) is 0 Å². The monoisotopic (exact) mass is 286 g/mol. The smallest absolute Gasteiger partial charge is 0.260 e. The molecule has 2 aromatic carbocycles. The Bertz CT molecular complexity index is 615. The molecule has 4 nitrogen and oxygen atoms in total. The molecule has 0 aliphatic rings. The Balaban J connectivity index is 1.96. The first-order chi connectivity index (χ1) is 9.63. The molecule has 0 heterocycles. The van der Waals surface area contributed by atoms with E-state index in [1.807, 2.05) is 62.4 Å². The highest BCUT2D eigenvalue weighted by molar-refractivity contribution is 6.64. The lowest BCUT2D eigenvalue weighted by molar-refractivity contribution is 1.24. The van der Waals surface area contributed by atoms with E-state index in [4.69, 9.17) is 11.6 Å². The van der Waals surface area contributed by atoms with Crippen LogP contribution < -0.4 is 5.43 Å². The number of nitrogens with zero attached hydrogens (tertiary/aromatic N) is 3. The van der Waals surface area contributed by atoms with Crippen LogP contribution >= 0.6 is 11.6 Å². The van der Waals surface area contributed by atoms with Crippen molar-refractivity contribution < 1.29 is 0 Å². The Morgan fingerprint density at radius 1 is 0.900 bits per heavy atom. The van der Waals surface area contributed by atoms with Gasteiger partial charge in [0, 0.05) is 0 Å². The molecule has 0 aromatic heterocycles. The second kappa shape index (κ2) is 6.82. The highest BCUT2D eigenvalue weighted by Gasteiger charge is 1.93. The summed E-state index contributed by atoms with van der Waals surface area (Å²) >= 11 is 5.87. The van der Waals surface area contributed by atoms with Gasteiger partial charge < -0.3 is 0 Å². The number of hydrazone groups is 1. The van der Waals surface area contributed by atoms with E-state index in [1.165, 1.54) is 11.1 Å². The SMILES string of the molecule is Cc1ccc(N=N/C(Cl)=N/Nc2ccc(C)cc2)cc1. The van der Waals surface area contributed by atoms with Crippen LogP contribution in [0.25, 0.3) is 0 Å². The molecule has 20 heavy (non-hydrogen) atoms. The predicted molar refractivity (Wildman–Crippen MR) is 83.8 cm³/mol. The van der Waals surface area contributed by atoms with E-state index in [0.717, 1.165) is 11.4 Å². The predicted octanol–water partition coefficient (Wildman–Crippen LogP) is 5.01. The van der Waals surface area contributed by atoms with E-state index in [1.54, 1.807) is 0 Å². The van der Waals surface area contributed by atoms with E-state index in [2.05, 4.69) is 20.8 Å². The minimum absolute atomic E-state index is 0.0474. The summed E-state index contributed by atoms with van der Waals surface area (Å²) in [7, 11) is 0. The lowest BCUT2D eigenvalue weighted by atomic mass is 10.2. The molecule has 0 saturated carbocycles. The van der Waals surface area contributed by atoms with Gasteiger partial charge in [0.15, 0.2) is 0 Å². The van der Waals surface area contributed by atoms with E-state index >= 15 is 0 Å². The summed E-state index contributed by atoms with van der Waals surface area (Å²) < 4.78 is 0. The van der Waals surface area contributed by atoms with Crippen LogP contribution in [0.2, 0.25) is 0 Å². The number of benzene rings is 2. The van der Waals surface area contributed by atoms with E-state index in [9.17, 15) is 0 Å². The number of hydrogen-bond acceptors (Lipinski definition) is 3. The number of azo groups is 1. The summed E-state index contributed by atoms with van der Waals surface area (Å²) in [6.45, 7) is 4.04. The number of halogens is 1. The van der Waals surface area contributed by atoms with Crippen LogP contribution in [0.3, 0.4) is 0 Å². The van der Waals surface area contributed by atoms with Gasteiger partial charge in [0.2, 0.25) is 0 Å². The van der Waals surface area contributed by atoms with Gasteiger partial charge in [0.05, 0.1) is 11.4 Å². The molecule has 0 aliphatic carbocycles. The van der Waals surface area contributed by atoms with Crippen molar-refractivity contribution in [3.63, 3.8) is 0 Å². The largest absolute Gasteiger partial charge is 0.275 e. The molecule has 102 valence electrons. The summed E-state index contributed by atoms with van der Waals surface area (Å²) in [5, 5.41) is 11.8. The highest BCUT2D eigenvalue weighted by Crippen LogP contribution is 2.13. The average Bonchev–Trinajstić information content (AvgIpc) is 2.46. The summed E-state index contributed by atoms with van der Waals surface area (Å²) in [6, 6.07) is 15.5. The molecule has 0 atom stereocenters. The maximum Gasteiger partial charge on any atom is 0.260 e. The molecule has 0 amide bonds. The van der Waals surface area contributed by atoms with Crippen molar-refractivity contribution in [2.24, 2.45) is 15.3 Å². The van der Waals surface area contributed by atoms with Gasteiger partial charge in [-0.05, 0) is 49.7 Å². The summed E-state index contributed by atoms with van der Waals surface area (Å²) in [5.74, 6) is 0. The molecule has 0 spiro atoms. The number of aryl methyl sites for hydroxylation is 2. The van der Waals surface area contributed by atoms with Crippen LogP contribution in [0.4, 0.5) is 11.4 Å². The summed E-state index contributed by atoms with van der Waals surface area (Å²) in [6.07, 6.45) is 0. The zero-order valence-corrected chi connectivity index (χ0v) is 12.1. The number of hydrogen-bond donors (Lipinski definition) is 1. The van der Waals surface area contributed by atoms with Crippen LogP contribution in [0.15, 0.2) is 63.9 Å². The molecule has 2 aromatic rings. The Kier molecular flexibility index (Phi) is 4.85. The fraction of sp³-hybridized carbons (Fsp3) is 0.133. The number of rotatable bonds is 3. The van der Waals surface area contributed by atoms with Gasteiger partial charge in [0.1, 0.15) is 0 Å². The van der Waals surface area contributed by atoms with Crippen molar-refractivity contribution in [3.05, 3.63) is 59.7 Å². The molecular weight excluding hydrogens is 272 g/mol. The normalized spacial score (nSPS) is 11.8. The van der Waals surface area contributed by atoms with Gasteiger partial charge in [-0.15, -0.1) is 15.3 Å². The molecule has 0 saturated heterocycles. The highest BCUT2D eigenvalue weighted by atomic mass is 35.5. The lowest BCUT2D eigenvalue weighted by Crippen LogP contribution is -1.91. The molecule has 0 radical (unpaired) electrons. The van der Waals surface area contributed by atoms with Gasteiger partial charge in [-0.3, -0.25) is 5.43 Å². The van der Waals surface area contributed by atoms with Gasteiger partial charge in [-0.2, -0.15) is 0 Å². The standard InChI is InChI=1S/C15H15ClN4/c1-11-3-7-13(8-4-11)17-19-15(16)20-18-14-9-5-12(2)6-10-14/h3-10,17H,1-2H3/b19-15+,20-18?. The van der Waals surface area contributed by atoms with Crippen LogP contribution in [0.1, 0.15) is 11.1 Å². The fourth-order valence-electron chi connectivity index (χ4n) is 1.47. The van der Waals surface area contributed by atoms with Crippen molar-refractivity contribution in [3.8, 4) is 0 Å². The Labute approximate surface area is 123 Å². The molecule has 0 unspecified atom stereocenters. The maximum absolute atomic E-state index is 5.87. The Morgan fingerprint density at radius 2 is 1.45 bits per heavy atom. The first kappa shape index (κ1) is 14.2. The second-order valence-corrected chi connectivity index (χ2v) is 4.73. The average molecular weight is 287 g/mol. The second-order valence-electron chi connectivity index (χ2n) is 4.39. The van der Waals surface area contributed by atoms with Crippen molar-refractivity contribution in [1.29, 1.82) is 0 Å². The summed E-state index contributed by atoms with van der Waals surface area (Å²) in [4.78, 5) is 0. The van der Waals surface area contributed by atoms with Gasteiger partial charge in [0.25, 0.3) is 5.29 Å². The van der Waals surface area contributed by atoms with Gasteiger partial charge in [-0.1, -0.05) is 35.4 Å². The van der Waals surface area contributed by atoms with Crippen molar-refractivity contribution >= 4 is 28.3 Å². The third-order valence-electron chi connectivity index (χ3n) is 2.61. The molecule has 0 bridgehead atoms. The maximum atomic E-state index is 5.87. The van der Waals surface area contributed by atoms with E-state index < -0.39 is 0 Å². The third-order valence-corrected chi connectivity index (χ3v) is 2.77. The first-order valence-electron chi connectivity index (χ1n) is 6.18. The lowest BCUT2D eigenvalue weighted by Gasteiger charge is -1.99. The fourth-order valence-corrected chi connectivity index (χ4v) is 1.55. The molecule has 1 N–H and O–H groups in total. The van der Waals surface area contributed by atoms with Crippen molar-refractivity contribution in [2.45, 2.75) is 13.8 Å². The van der Waals surface area contributed by atoms with Crippen LogP contribution in [-0.4, -0.2) is 5.29 Å². The topological polar surface area (TPSA) is 49.1 Å². The van der Waals surface area contributed by atoms with Crippen molar-refractivity contribution in [1.82, 2.24) is 0 Å². The molecule has 5 heteroatoms. The minimum atomic E-state index is 0.0474. The zero-order valence-electron chi connectivity index (χ0n) is 11.3. The van der Waals surface area contributed by atoms with Crippen LogP contribution in [0.5, 0.6) is 0 Å².